The van der Waals surface area contributed by atoms with Gasteiger partial charge in [0.1, 0.15) is 11.9 Å². The molecule has 4 heteroatoms. The number of nitrogens with one attached hydrogen (secondary N) is 1. The summed E-state index contributed by atoms with van der Waals surface area (Å²) >= 11 is 0. The Labute approximate surface area is 88.3 Å². The summed E-state index contributed by atoms with van der Waals surface area (Å²) in [5.74, 6) is -1.40. The van der Waals surface area contributed by atoms with Gasteiger partial charge < -0.3 is 10.1 Å². The molecule has 0 saturated heterocycles. The van der Waals surface area contributed by atoms with Crippen LogP contribution in [0.1, 0.15) is 13.8 Å². The number of hydrogen-bond acceptors (Lipinski definition) is 2. The molecule has 1 rings (SSSR count). The van der Waals surface area contributed by atoms with Gasteiger partial charge in [0.2, 0.25) is 0 Å². The predicted molar refractivity (Wildman–Crippen MR) is 55.0 cm³/mol. The fourth-order valence-corrected chi connectivity index (χ4v) is 1.17. The Morgan fingerprint density at radius 3 is 2.67 bits per heavy atom. The first kappa shape index (κ1) is 11.9. The highest BCUT2D eigenvalue weighted by molar-refractivity contribution is 5.23. The maximum atomic E-state index is 12.8. The minimum Gasteiger partial charge on any atom is -0.489 e. The van der Waals surface area contributed by atoms with Crippen molar-refractivity contribution in [3.8, 4) is 5.75 Å². The maximum absolute atomic E-state index is 12.8. The number of likely N-dealkylation sites (N-methyl/N-ethyl adjacent to an activating group) is 1. The van der Waals surface area contributed by atoms with E-state index >= 15 is 0 Å². The molecule has 15 heavy (non-hydrogen) atoms. The number of halogens is 2. The first-order valence-electron chi connectivity index (χ1n) is 4.96. The summed E-state index contributed by atoms with van der Waals surface area (Å²) in [6.07, 6.45) is -0.0742. The Morgan fingerprint density at radius 1 is 1.33 bits per heavy atom. The summed E-state index contributed by atoms with van der Waals surface area (Å²) in [5, 5.41) is 3.10. The zero-order chi connectivity index (χ0) is 11.3. The summed E-state index contributed by atoms with van der Waals surface area (Å²) in [6.45, 7) is 5.38. The van der Waals surface area contributed by atoms with Crippen molar-refractivity contribution in [2.75, 3.05) is 13.1 Å². The molecular weight excluding hydrogens is 200 g/mol. The molecule has 1 unspecified atom stereocenters. The van der Waals surface area contributed by atoms with E-state index in [1.807, 2.05) is 13.8 Å². The van der Waals surface area contributed by atoms with Crippen LogP contribution in [-0.2, 0) is 0 Å². The van der Waals surface area contributed by atoms with Gasteiger partial charge in [0.15, 0.2) is 11.6 Å². The van der Waals surface area contributed by atoms with Crippen molar-refractivity contribution in [2.24, 2.45) is 0 Å². The van der Waals surface area contributed by atoms with Crippen LogP contribution >= 0.6 is 0 Å². The topological polar surface area (TPSA) is 21.3 Å². The van der Waals surface area contributed by atoms with Crippen molar-refractivity contribution >= 4 is 0 Å². The molecule has 0 fully saturated rings. The quantitative estimate of drug-likeness (QED) is 0.814. The van der Waals surface area contributed by atoms with Gasteiger partial charge in [-0.25, -0.2) is 8.78 Å². The molecule has 0 heterocycles. The third-order valence-corrected chi connectivity index (χ3v) is 1.91. The minimum atomic E-state index is -0.886. The zero-order valence-corrected chi connectivity index (χ0v) is 8.89. The lowest BCUT2D eigenvalue weighted by molar-refractivity contribution is 0.217. The predicted octanol–water partition coefficient (Wildman–Crippen LogP) is 2.34. The van der Waals surface area contributed by atoms with Crippen LogP contribution in [0.5, 0.6) is 5.75 Å². The minimum absolute atomic E-state index is 0.0742. The number of benzene rings is 1. The lowest BCUT2D eigenvalue weighted by Crippen LogP contribution is -2.28. The van der Waals surface area contributed by atoms with E-state index in [1.54, 1.807) is 0 Å². The lowest BCUT2D eigenvalue weighted by atomic mass is 10.3. The maximum Gasteiger partial charge on any atom is 0.162 e. The van der Waals surface area contributed by atoms with Crippen LogP contribution in [0, 0.1) is 11.6 Å². The normalized spacial score (nSPS) is 12.5. The summed E-state index contributed by atoms with van der Waals surface area (Å²) in [6, 6.07) is 3.53. The van der Waals surface area contributed by atoms with E-state index in [2.05, 4.69) is 5.32 Å². The van der Waals surface area contributed by atoms with E-state index in [9.17, 15) is 8.78 Å². The smallest absolute Gasteiger partial charge is 0.162 e. The lowest BCUT2D eigenvalue weighted by Gasteiger charge is -2.14. The first-order chi connectivity index (χ1) is 7.13. The highest BCUT2D eigenvalue weighted by atomic mass is 19.2. The van der Waals surface area contributed by atoms with Gasteiger partial charge in [-0.3, -0.25) is 0 Å². The van der Waals surface area contributed by atoms with Crippen molar-refractivity contribution in [2.45, 2.75) is 20.0 Å². The van der Waals surface area contributed by atoms with E-state index in [0.717, 1.165) is 18.7 Å². The number of hydrogen-bond donors (Lipinski definition) is 1. The third kappa shape index (κ3) is 3.83. The standard InChI is InChI=1S/C11H15F2NO/c1-3-14-7-8(2)15-9-4-5-10(12)11(13)6-9/h4-6,8,14H,3,7H2,1-2H3. The summed E-state index contributed by atoms with van der Waals surface area (Å²) < 4.78 is 30.8. The van der Waals surface area contributed by atoms with Crippen molar-refractivity contribution < 1.29 is 13.5 Å². The molecule has 0 aliphatic heterocycles. The second-order valence-corrected chi connectivity index (χ2v) is 3.31. The van der Waals surface area contributed by atoms with Gasteiger partial charge in [-0.2, -0.15) is 0 Å². The van der Waals surface area contributed by atoms with Crippen molar-refractivity contribution in [1.29, 1.82) is 0 Å². The number of rotatable bonds is 5. The van der Waals surface area contributed by atoms with Gasteiger partial charge in [-0.05, 0) is 25.6 Å². The van der Waals surface area contributed by atoms with Gasteiger partial charge in [-0.15, -0.1) is 0 Å². The molecule has 0 aliphatic rings. The molecule has 0 aromatic heterocycles. The summed E-state index contributed by atoms with van der Waals surface area (Å²) in [7, 11) is 0. The van der Waals surface area contributed by atoms with Crippen LogP contribution < -0.4 is 10.1 Å². The van der Waals surface area contributed by atoms with E-state index in [1.165, 1.54) is 6.07 Å². The van der Waals surface area contributed by atoms with E-state index in [4.69, 9.17) is 4.74 Å². The Hall–Kier alpha value is -1.16. The van der Waals surface area contributed by atoms with Gasteiger partial charge in [-0.1, -0.05) is 6.92 Å². The van der Waals surface area contributed by atoms with Crippen LogP contribution in [0.15, 0.2) is 18.2 Å². The fraction of sp³-hybridized carbons (Fsp3) is 0.455. The van der Waals surface area contributed by atoms with Crippen LogP contribution in [0.2, 0.25) is 0 Å². The monoisotopic (exact) mass is 215 g/mol. The molecule has 84 valence electrons. The largest absolute Gasteiger partial charge is 0.489 e. The molecule has 1 N–H and O–H groups in total. The Kier molecular flexibility index (Phi) is 4.49. The van der Waals surface area contributed by atoms with Gasteiger partial charge in [0.25, 0.3) is 0 Å². The van der Waals surface area contributed by atoms with Crippen LogP contribution in [0.3, 0.4) is 0 Å². The molecule has 0 spiro atoms. The Bertz CT molecular complexity index is 317. The molecular formula is C11H15F2NO. The second-order valence-electron chi connectivity index (χ2n) is 3.31. The second kappa shape index (κ2) is 5.66. The highest BCUT2D eigenvalue weighted by Gasteiger charge is 2.06. The molecule has 1 atom stereocenters. The van der Waals surface area contributed by atoms with Crippen LogP contribution in [0.25, 0.3) is 0 Å². The van der Waals surface area contributed by atoms with Crippen molar-refractivity contribution in [1.82, 2.24) is 5.32 Å². The van der Waals surface area contributed by atoms with Gasteiger partial charge >= 0.3 is 0 Å². The summed E-state index contributed by atoms with van der Waals surface area (Å²) in [5.41, 5.74) is 0. The molecule has 0 amide bonds. The molecule has 2 nitrogen and oxygen atoms in total. The van der Waals surface area contributed by atoms with E-state index in [-0.39, 0.29) is 6.10 Å². The van der Waals surface area contributed by atoms with E-state index < -0.39 is 11.6 Å². The molecule has 1 aromatic rings. The molecule has 0 radical (unpaired) electrons. The van der Waals surface area contributed by atoms with Crippen LogP contribution in [-0.4, -0.2) is 19.2 Å². The molecule has 0 aliphatic carbocycles. The molecule has 1 aromatic carbocycles. The SMILES string of the molecule is CCNCC(C)Oc1ccc(F)c(F)c1. The fourth-order valence-electron chi connectivity index (χ4n) is 1.17. The highest BCUT2D eigenvalue weighted by Crippen LogP contribution is 2.16. The van der Waals surface area contributed by atoms with Crippen molar-refractivity contribution in [3.05, 3.63) is 29.8 Å². The van der Waals surface area contributed by atoms with E-state index in [0.29, 0.717) is 12.3 Å². The average Bonchev–Trinajstić information content (AvgIpc) is 2.20. The van der Waals surface area contributed by atoms with Crippen molar-refractivity contribution in [3.63, 3.8) is 0 Å². The average molecular weight is 215 g/mol. The Morgan fingerprint density at radius 2 is 2.07 bits per heavy atom. The third-order valence-electron chi connectivity index (χ3n) is 1.91. The molecule has 0 saturated carbocycles. The Balaban J connectivity index is 2.53. The first-order valence-corrected chi connectivity index (χ1v) is 4.96. The van der Waals surface area contributed by atoms with Crippen LogP contribution in [0.4, 0.5) is 8.78 Å². The summed E-state index contributed by atoms with van der Waals surface area (Å²) in [4.78, 5) is 0. The van der Waals surface area contributed by atoms with Gasteiger partial charge in [0, 0.05) is 12.6 Å². The molecule has 0 bridgehead atoms. The number of ether oxygens (including phenoxy) is 1. The van der Waals surface area contributed by atoms with Gasteiger partial charge in [0.05, 0.1) is 0 Å². The zero-order valence-electron chi connectivity index (χ0n) is 8.89.